The molecule has 0 aliphatic heterocycles. The number of benzene rings is 2. The summed E-state index contributed by atoms with van der Waals surface area (Å²) in [4.78, 5) is 2.17. The van der Waals surface area contributed by atoms with Crippen LogP contribution in [0.2, 0.25) is 0 Å². The zero-order chi connectivity index (χ0) is 23.1. The first-order chi connectivity index (χ1) is 15.2. The molecule has 172 valence electrons. The number of nitrogens with zero attached hydrogens (tertiary/aromatic N) is 3. The molecule has 0 aliphatic rings. The van der Waals surface area contributed by atoms with Crippen LogP contribution in [0.5, 0.6) is 5.75 Å². The van der Waals surface area contributed by atoms with Crippen LogP contribution < -0.4 is 9.46 Å². The van der Waals surface area contributed by atoms with Gasteiger partial charge in [-0.25, -0.2) is 17.5 Å². The third-order valence-corrected chi connectivity index (χ3v) is 6.40. The van der Waals surface area contributed by atoms with Gasteiger partial charge < -0.3 is 9.64 Å². The lowest BCUT2D eigenvalue weighted by Gasteiger charge is -2.22. The lowest BCUT2D eigenvalue weighted by Crippen LogP contribution is -2.28. The first-order valence-electron chi connectivity index (χ1n) is 10.3. The van der Waals surface area contributed by atoms with Gasteiger partial charge in [0, 0.05) is 32.3 Å². The molecular weight excluding hydrogens is 431 g/mol. The molecule has 3 aromatic rings. The molecule has 1 unspecified atom stereocenters. The zero-order valence-corrected chi connectivity index (χ0v) is 19.3. The maximum absolute atomic E-state index is 14.4. The third-order valence-electron chi connectivity index (χ3n) is 4.98. The van der Waals surface area contributed by atoms with Crippen molar-refractivity contribution in [2.24, 2.45) is 7.05 Å². The van der Waals surface area contributed by atoms with Crippen LogP contribution in [-0.2, 0) is 23.5 Å². The number of nitrogens with one attached hydrogen (secondary N) is 1. The van der Waals surface area contributed by atoms with Crippen molar-refractivity contribution in [1.82, 2.24) is 19.4 Å². The van der Waals surface area contributed by atoms with Crippen LogP contribution in [0.1, 0.15) is 17.0 Å². The van der Waals surface area contributed by atoms with E-state index in [4.69, 9.17) is 4.74 Å². The van der Waals surface area contributed by atoms with Gasteiger partial charge in [-0.2, -0.15) is 5.10 Å². The van der Waals surface area contributed by atoms with Crippen molar-refractivity contribution in [2.75, 3.05) is 33.8 Å². The van der Waals surface area contributed by atoms with E-state index in [9.17, 15) is 12.8 Å². The van der Waals surface area contributed by atoms with E-state index in [1.807, 2.05) is 32.3 Å². The topological polar surface area (TPSA) is 76.5 Å². The van der Waals surface area contributed by atoms with Gasteiger partial charge in [0.25, 0.3) is 0 Å². The number of likely N-dealkylation sites (N-methyl/N-ethyl adjacent to an activating group) is 1. The van der Waals surface area contributed by atoms with Crippen LogP contribution in [-0.4, -0.2) is 56.9 Å². The van der Waals surface area contributed by atoms with Crippen LogP contribution >= 0.6 is 0 Å². The zero-order valence-electron chi connectivity index (χ0n) is 18.5. The van der Waals surface area contributed by atoms with Crippen LogP contribution in [0, 0.1) is 5.82 Å². The normalized spacial score (nSPS) is 12.8. The summed E-state index contributed by atoms with van der Waals surface area (Å²) in [5.41, 5.74) is 2.17. The Bertz CT molecular complexity index is 1120. The molecule has 1 aromatic heterocycles. The molecule has 1 N–H and O–H groups in total. The van der Waals surface area contributed by atoms with Crippen molar-refractivity contribution in [2.45, 2.75) is 17.2 Å². The molecule has 3 rings (SSSR count). The molecular formula is C23H29FN4O3S. The van der Waals surface area contributed by atoms with Crippen LogP contribution in [0.3, 0.4) is 0 Å². The molecule has 0 aliphatic carbocycles. The number of hydrogen-bond donors (Lipinski definition) is 1. The highest BCUT2D eigenvalue weighted by Gasteiger charge is 2.18. The van der Waals surface area contributed by atoms with Gasteiger partial charge in [0.05, 0.1) is 6.20 Å². The van der Waals surface area contributed by atoms with E-state index in [1.165, 1.54) is 28.7 Å². The molecule has 7 nitrogen and oxygen atoms in total. The largest absolute Gasteiger partial charge is 0.489 e. The Morgan fingerprint density at radius 1 is 1.19 bits per heavy atom. The molecule has 2 aromatic carbocycles. The summed E-state index contributed by atoms with van der Waals surface area (Å²) in [7, 11) is 1.97. The quantitative estimate of drug-likeness (QED) is 0.446. The summed E-state index contributed by atoms with van der Waals surface area (Å²) < 4.78 is 48.3. The fourth-order valence-corrected chi connectivity index (χ4v) is 4.47. The standard InChI is InChI=1S/C23H29FN4O3S/c1-27(2)16-20(13-18-7-5-4-6-8-18)19-9-10-22(24)23(14-19)31-12-11-26-32(29,30)21-15-25-28(3)17-21/h4-10,14-15,17,20,26H,11-13,16H2,1-3H3. The second kappa shape index (κ2) is 10.7. The summed E-state index contributed by atoms with van der Waals surface area (Å²) in [5, 5.41) is 3.86. The second-order valence-corrected chi connectivity index (χ2v) is 9.70. The molecule has 1 atom stereocenters. The molecule has 9 heteroatoms. The van der Waals surface area contributed by atoms with E-state index in [0.717, 1.165) is 18.5 Å². The molecule has 0 fully saturated rings. The molecule has 0 radical (unpaired) electrons. The van der Waals surface area contributed by atoms with Gasteiger partial charge in [-0.1, -0.05) is 36.4 Å². The maximum atomic E-state index is 14.4. The molecule has 0 saturated heterocycles. The SMILES string of the molecule is CN(C)CC(Cc1ccccc1)c1ccc(F)c(OCCNS(=O)(=O)c2cnn(C)c2)c1. The Hall–Kier alpha value is -2.75. The van der Waals surface area contributed by atoms with Crippen LogP contribution in [0.25, 0.3) is 0 Å². The minimum Gasteiger partial charge on any atom is -0.489 e. The number of sulfonamides is 1. The highest BCUT2D eigenvalue weighted by molar-refractivity contribution is 7.89. The van der Waals surface area contributed by atoms with Gasteiger partial charge in [0.2, 0.25) is 10.0 Å². The van der Waals surface area contributed by atoms with Crippen LogP contribution in [0.4, 0.5) is 4.39 Å². The number of aryl methyl sites for hydroxylation is 1. The fourth-order valence-electron chi connectivity index (χ4n) is 3.47. The lowest BCUT2D eigenvalue weighted by atomic mass is 9.91. The van der Waals surface area contributed by atoms with E-state index in [2.05, 4.69) is 26.9 Å². The van der Waals surface area contributed by atoms with E-state index in [-0.39, 0.29) is 29.7 Å². The monoisotopic (exact) mass is 460 g/mol. The van der Waals surface area contributed by atoms with Crippen molar-refractivity contribution in [3.8, 4) is 5.75 Å². The van der Waals surface area contributed by atoms with Crippen molar-refractivity contribution in [3.63, 3.8) is 0 Å². The number of aromatic nitrogens is 2. The number of hydrogen-bond acceptors (Lipinski definition) is 5. The van der Waals surface area contributed by atoms with Gasteiger partial charge in [0.1, 0.15) is 11.5 Å². The summed E-state index contributed by atoms with van der Waals surface area (Å²) in [6.45, 7) is 0.799. The van der Waals surface area contributed by atoms with E-state index in [0.29, 0.717) is 0 Å². The molecule has 1 heterocycles. The average Bonchev–Trinajstić information content (AvgIpc) is 3.20. The van der Waals surface area contributed by atoms with Gasteiger partial charge in [0.15, 0.2) is 11.6 Å². The molecule has 0 saturated carbocycles. The molecule has 32 heavy (non-hydrogen) atoms. The van der Waals surface area contributed by atoms with Crippen molar-refractivity contribution < 1.29 is 17.5 Å². The van der Waals surface area contributed by atoms with Crippen molar-refractivity contribution >= 4 is 10.0 Å². The van der Waals surface area contributed by atoms with Gasteiger partial charge in [-0.3, -0.25) is 4.68 Å². The van der Waals surface area contributed by atoms with Gasteiger partial charge >= 0.3 is 0 Å². The minimum absolute atomic E-state index is 0.00308. The summed E-state index contributed by atoms with van der Waals surface area (Å²) >= 11 is 0. The molecule has 0 bridgehead atoms. The second-order valence-electron chi connectivity index (χ2n) is 7.93. The Balaban J connectivity index is 1.65. The predicted octanol–water partition coefficient (Wildman–Crippen LogP) is 2.80. The summed E-state index contributed by atoms with van der Waals surface area (Å²) in [5.74, 6) is -0.216. The first kappa shape index (κ1) is 23.9. The van der Waals surface area contributed by atoms with Crippen molar-refractivity contribution in [3.05, 3.63) is 77.9 Å². The van der Waals surface area contributed by atoms with Crippen LogP contribution in [0.15, 0.2) is 65.8 Å². The van der Waals surface area contributed by atoms with E-state index in [1.54, 1.807) is 19.2 Å². The van der Waals surface area contributed by atoms with Gasteiger partial charge in [-0.05, 0) is 43.8 Å². The Morgan fingerprint density at radius 3 is 2.59 bits per heavy atom. The van der Waals surface area contributed by atoms with E-state index < -0.39 is 15.8 Å². The number of halogens is 1. The Morgan fingerprint density at radius 2 is 1.94 bits per heavy atom. The minimum atomic E-state index is -3.69. The maximum Gasteiger partial charge on any atom is 0.243 e. The Labute approximate surface area is 188 Å². The van der Waals surface area contributed by atoms with Gasteiger partial charge in [-0.15, -0.1) is 0 Å². The molecule has 0 amide bonds. The van der Waals surface area contributed by atoms with Crippen molar-refractivity contribution in [1.29, 1.82) is 0 Å². The predicted molar refractivity (Wildman–Crippen MR) is 122 cm³/mol. The third kappa shape index (κ3) is 6.62. The highest BCUT2D eigenvalue weighted by atomic mass is 32.2. The summed E-state index contributed by atoms with van der Waals surface area (Å²) in [6, 6.07) is 15.1. The highest BCUT2D eigenvalue weighted by Crippen LogP contribution is 2.27. The average molecular weight is 461 g/mol. The lowest BCUT2D eigenvalue weighted by molar-refractivity contribution is 0.305. The van der Waals surface area contributed by atoms with E-state index >= 15 is 0 Å². The molecule has 0 spiro atoms. The fraction of sp³-hybridized carbons (Fsp3) is 0.348. The smallest absolute Gasteiger partial charge is 0.243 e. The first-order valence-corrected chi connectivity index (χ1v) is 11.8. The number of rotatable bonds is 11. The summed E-state index contributed by atoms with van der Waals surface area (Å²) in [6.07, 6.45) is 3.49. The number of ether oxygens (including phenoxy) is 1. The Kier molecular flexibility index (Phi) is 8.00.